The molecule has 1 fully saturated rings. The number of nitro groups is 1. The largest absolute Gasteiger partial charge is 0.378 e. The van der Waals surface area contributed by atoms with E-state index in [-0.39, 0.29) is 17.5 Å². The van der Waals surface area contributed by atoms with Crippen LogP contribution in [0.4, 0.5) is 5.69 Å². The highest BCUT2D eigenvalue weighted by molar-refractivity contribution is 5.83. The summed E-state index contributed by atoms with van der Waals surface area (Å²) in [5, 5.41) is 47.3. The third-order valence-electron chi connectivity index (χ3n) is 5.95. The molecular formula is C22H29N5O5. The van der Waals surface area contributed by atoms with Crippen LogP contribution in [-0.4, -0.2) is 50.8 Å². The van der Waals surface area contributed by atoms with Crippen molar-refractivity contribution in [2.75, 3.05) is 6.54 Å². The molecule has 5 atom stereocenters. The smallest absolute Gasteiger partial charge is 0.269 e. The lowest BCUT2D eigenvalue weighted by Crippen LogP contribution is -2.50. The van der Waals surface area contributed by atoms with Gasteiger partial charge < -0.3 is 20.4 Å². The van der Waals surface area contributed by atoms with Crippen LogP contribution in [0.5, 0.6) is 0 Å². The molecule has 4 N–H and O–H groups in total. The van der Waals surface area contributed by atoms with Crippen molar-refractivity contribution in [3.8, 4) is 6.07 Å². The molecule has 172 valence electrons. The lowest BCUT2D eigenvalue weighted by atomic mass is 9.95. The molecule has 0 aliphatic carbocycles. The molecule has 0 aromatic heterocycles. The zero-order valence-electron chi connectivity index (χ0n) is 18.1. The van der Waals surface area contributed by atoms with Crippen LogP contribution in [0.15, 0.2) is 24.4 Å². The molecule has 2 heterocycles. The Balaban J connectivity index is 1.80. The fourth-order valence-electron chi connectivity index (χ4n) is 4.25. The van der Waals surface area contributed by atoms with Crippen molar-refractivity contribution < 1.29 is 19.9 Å². The average molecular weight is 444 g/mol. The zero-order chi connectivity index (χ0) is 23.4. The molecule has 1 saturated heterocycles. The summed E-state index contributed by atoms with van der Waals surface area (Å²) >= 11 is 0. The number of nitrogens with one attached hydrogen (secondary N) is 2. The number of non-ortho nitro benzene ring substituents is 1. The van der Waals surface area contributed by atoms with Crippen LogP contribution in [0.1, 0.15) is 50.5 Å². The molecule has 0 radical (unpaired) electrons. The van der Waals surface area contributed by atoms with Crippen molar-refractivity contribution >= 4 is 17.7 Å². The van der Waals surface area contributed by atoms with E-state index in [9.17, 15) is 30.4 Å². The number of fused-ring (bicyclic) bond motifs is 1. The van der Waals surface area contributed by atoms with E-state index in [1.165, 1.54) is 17.0 Å². The quantitative estimate of drug-likeness (QED) is 0.349. The summed E-state index contributed by atoms with van der Waals surface area (Å²) < 4.78 is 0. The summed E-state index contributed by atoms with van der Waals surface area (Å²) in [6.07, 6.45) is 2.81. The summed E-state index contributed by atoms with van der Waals surface area (Å²) in [6.45, 7) is 4.55. The second-order valence-electron chi connectivity index (χ2n) is 8.73. The maximum atomic E-state index is 13.2. The number of nitro benzene ring substituents is 1. The molecule has 2 aliphatic rings. The van der Waals surface area contributed by atoms with Crippen LogP contribution in [0.25, 0.3) is 6.08 Å². The van der Waals surface area contributed by atoms with Gasteiger partial charge in [-0.1, -0.05) is 13.8 Å². The number of rotatable bonds is 8. The third kappa shape index (κ3) is 5.24. The van der Waals surface area contributed by atoms with Gasteiger partial charge in [-0.3, -0.25) is 20.2 Å². The van der Waals surface area contributed by atoms with E-state index < -0.39 is 35.4 Å². The minimum absolute atomic E-state index is 0.110. The summed E-state index contributed by atoms with van der Waals surface area (Å²) in [5.74, 6) is -0.432. The first kappa shape index (κ1) is 23.7. The van der Waals surface area contributed by atoms with Crippen LogP contribution in [-0.2, 0) is 4.79 Å². The number of benzene rings is 1. The Morgan fingerprint density at radius 1 is 1.44 bits per heavy atom. The SMILES string of the molecule is CC(C)C[C@@H](C(=O)N[C@H](C#N)C[C@@H]1CCN[C@H]1O)N1C=Cc2ccc([N+](=O)[O-])cc2[C@@H]1O. The Hall–Kier alpha value is -3.00. The van der Waals surface area contributed by atoms with E-state index in [0.29, 0.717) is 36.9 Å². The van der Waals surface area contributed by atoms with Gasteiger partial charge in [0.05, 0.1) is 11.0 Å². The highest BCUT2D eigenvalue weighted by atomic mass is 16.6. The number of amides is 1. The molecule has 10 nitrogen and oxygen atoms in total. The van der Waals surface area contributed by atoms with Gasteiger partial charge in [-0.2, -0.15) is 5.26 Å². The minimum atomic E-state index is -1.24. The van der Waals surface area contributed by atoms with Crippen molar-refractivity contribution in [1.82, 2.24) is 15.5 Å². The molecule has 32 heavy (non-hydrogen) atoms. The minimum Gasteiger partial charge on any atom is -0.378 e. The zero-order valence-corrected chi connectivity index (χ0v) is 18.1. The second kappa shape index (κ2) is 10.1. The van der Waals surface area contributed by atoms with Crippen molar-refractivity contribution in [1.29, 1.82) is 5.26 Å². The lowest BCUT2D eigenvalue weighted by Gasteiger charge is -2.37. The Morgan fingerprint density at radius 2 is 2.19 bits per heavy atom. The normalized spacial score (nSPS) is 24.0. The second-order valence-corrected chi connectivity index (χ2v) is 8.73. The van der Waals surface area contributed by atoms with Crippen LogP contribution >= 0.6 is 0 Å². The first-order chi connectivity index (χ1) is 15.2. The maximum Gasteiger partial charge on any atom is 0.269 e. The standard InChI is InChI=1S/C22H29N5O5/c1-13(2)9-19(21(29)25-16(12-23)10-15-5-7-24-20(15)28)26-8-6-14-3-4-17(27(31)32)11-18(14)22(26)30/h3-4,6,8,11,13,15-16,19-20,22,24,28,30H,5,7,9-10H2,1-2H3,(H,25,29)/t15-,16-,19-,20-,22-/m0/s1. The van der Waals surface area contributed by atoms with Gasteiger partial charge >= 0.3 is 0 Å². The van der Waals surface area contributed by atoms with Crippen molar-refractivity contribution in [2.45, 2.75) is 57.6 Å². The topological polar surface area (TPSA) is 152 Å². The molecular weight excluding hydrogens is 414 g/mol. The van der Waals surface area contributed by atoms with Gasteiger partial charge in [0.25, 0.3) is 5.69 Å². The van der Waals surface area contributed by atoms with Gasteiger partial charge in [-0.05, 0) is 49.4 Å². The molecule has 0 saturated carbocycles. The van der Waals surface area contributed by atoms with Crippen LogP contribution < -0.4 is 10.6 Å². The molecule has 0 bridgehead atoms. The Morgan fingerprint density at radius 3 is 2.78 bits per heavy atom. The molecule has 10 heteroatoms. The van der Waals surface area contributed by atoms with E-state index in [4.69, 9.17) is 0 Å². The number of carbonyl (C=O) groups excluding carboxylic acids is 1. The molecule has 3 rings (SSSR count). The van der Waals surface area contributed by atoms with Crippen molar-refractivity contribution in [3.63, 3.8) is 0 Å². The Labute approximate surface area is 186 Å². The first-order valence-corrected chi connectivity index (χ1v) is 10.7. The maximum absolute atomic E-state index is 13.2. The summed E-state index contributed by atoms with van der Waals surface area (Å²) in [5.41, 5.74) is 0.845. The van der Waals surface area contributed by atoms with E-state index in [0.717, 1.165) is 0 Å². The number of nitriles is 1. The van der Waals surface area contributed by atoms with Gasteiger partial charge in [0.15, 0.2) is 6.23 Å². The Kier molecular flexibility index (Phi) is 7.45. The average Bonchev–Trinajstić information content (AvgIpc) is 3.16. The molecule has 0 unspecified atom stereocenters. The van der Waals surface area contributed by atoms with E-state index in [2.05, 4.69) is 16.7 Å². The highest BCUT2D eigenvalue weighted by Gasteiger charge is 2.35. The predicted octanol–water partition coefficient (Wildman–Crippen LogP) is 1.61. The fraction of sp³-hybridized carbons (Fsp3) is 0.545. The molecule has 1 amide bonds. The number of hydrogen-bond donors (Lipinski definition) is 4. The summed E-state index contributed by atoms with van der Waals surface area (Å²) in [4.78, 5) is 25.3. The van der Waals surface area contributed by atoms with E-state index in [1.807, 2.05) is 13.8 Å². The Bertz CT molecular complexity index is 928. The van der Waals surface area contributed by atoms with Crippen LogP contribution in [0.2, 0.25) is 0 Å². The monoisotopic (exact) mass is 443 g/mol. The fourth-order valence-corrected chi connectivity index (χ4v) is 4.25. The van der Waals surface area contributed by atoms with Gasteiger partial charge in [0.1, 0.15) is 18.3 Å². The van der Waals surface area contributed by atoms with Gasteiger partial charge in [-0.25, -0.2) is 0 Å². The number of carbonyl (C=O) groups is 1. The van der Waals surface area contributed by atoms with Crippen molar-refractivity contribution in [3.05, 3.63) is 45.6 Å². The van der Waals surface area contributed by atoms with Crippen LogP contribution in [0.3, 0.4) is 0 Å². The highest BCUT2D eigenvalue weighted by Crippen LogP contribution is 2.34. The summed E-state index contributed by atoms with van der Waals surface area (Å²) in [7, 11) is 0. The first-order valence-electron chi connectivity index (χ1n) is 10.7. The van der Waals surface area contributed by atoms with E-state index >= 15 is 0 Å². The summed E-state index contributed by atoms with van der Waals surface area (Å²) in [6, 6.07) is 4.78. The number of hydrogen-bond acceptors (Lipinski definition) is 8. The van der Waals surface area contributed by atoms with E-state index in [1.54, 1.807) is 18.3 Å². The number of nitrogens with zero attached hydrogens (tertiary/aromatic N) is 3. The third-order valence-corrected chi connectivity index (χ3v) is 5.95. The molecule has 2 aliphatic heterocycles. The molecule has 1 aromatic carbocycles. The van der Waals surface area contributed by atoms with Gasteiger partial charge in [-0.15, -0.1) is 0 Å². The van der Waals surface area contributed by atoms with Gasteiger partial charge in [0.2, 0.25) is 5.91 Å². The van der Waals surface area contributed by atoms with Crippen molar-refractivity contribution in [2.24, 2.45) is 11.8 Å². The molecule has 1 aromatic rings. The predicted molar refractivity (Wildman–Crippen MR) is 116 cm³/mol. The van der Waals surface area contributed by atoms with Crippen LogP contribution in [0, 0.1) is 33.3 Å². The van der Waals surface area contributed by atoms with Gasteiger partial charge in [0, 0.05) is 29.8 Å². The lowest BCUT2D eigenvalue weighted by molar-refractivity contribution is -0.385. The number of aliphatic hydroxyl groups excluding tert-OH is 2. The molecule has 0 spiro atoms. The number of aliphatic hydroxyl groups is 2.